The van der Waals surface area contributed by atoms with E-state index in [4.69, 9.17) is 0 Å². The van der Waals surface area contributed by atoms with Crippen LogP contribution in [0.2, 0.25) is 0 Å². The van der Waals surface area contributed by atoms with Crippen LogP contribution in [0, 0.1) is 11.6 Å². The Labute approximate surface area is 91.7 Å². The predicted octanol–water partition coefficient (Wildman–Crippen LogP) is 2.36. The summed E-state index contributed by atoms with van der Waals surface area (Å²) < 4.78 is 27.8. The van der Waals surface area contributed by atoms with Gasteiger partial charge in [-0.3, -0.25) is 4.68 Å². The zero-order valence-electron chi connectivity index (χ0n) is 8.77. The lowest BCUT2D eigenvalue weighted by Gasteiger charge is -2.12. The molecular weight excluding hydrogens is 212 g/mol. The highest BCUT2D eigenvalue weighted by atomic mass is 19.1. The second-order valence-corrected chi connectivity index (χ2v) is 3.68. The second-order valence-electron chi connectivity index (χ2n) is 3.68. The quantitative estimate of drug-likeness (QED) is 0.799. The molecule has 0 spiro atoms. The van der Waals surface area contributed by atoms with Gasteiger partial charge in [0.05, 0.1) is 0 Å². The summed E-state index contributed by atoms with van der Waals surface area (Å²) in [4.78, 5) is 3.80. The minimum atomic E-state index is -0.561. The van der Waals surface area contributed by atoms with Gasteiger partial charge in [0, 0.05) is 18.5 Å². The Hall–Kier alpha value is -1.78. The zero-order valence-corrected chi connectivity index (χ0v) is 8.77. The Morgan fingerprint density at radius 2 is 2.19 bits per heavy atom. The van der Waals surface area contributed by atoms with Gasteiger partial charge >= 0.3 is 0 Å². The van der Waals surface area contributed by atoms with Crippen LogP contribution in [-0.2, 0) is 6.54 Å². The van der Waals surface area contributed by atoms with E-state index in [1.54, 1.807) is 11.0 Å². The van der Waals surface area contributed by atoms with Crippen LogP contribution in [0.5, 0.6) is 0 Å². The number of hydrogen-bond acceptors (Lipinski definition) is 2. The van der Waals surface area contributed by atoms with Crippen molar-refractivity contribution in [2.75, 3.05) is 0 Å². The van der Waals surface area contributed by atoms with E-state index in [2.05, 4.69) is 10.1 Å². The van der Waals surface area contributed by atoms with Gasteiger partial charge in [-0.25, -0.2) is 13.8 Å². The van der Waals surface area contributed by atoms with Crippen LogP contribution in [0.15, 0.2) is 30.9 Å². The van der Waals surface area contributed by atoms with E-state index < -0.39 is 11.6 Å². The molecule has 3 nitrogen and oxygen atoms in total. The summed E-state index contributed by atoms with van der Waals surface area (Å²) in [5.41, 5.74) is 0.483. The highest BCUT2D eigenvalue weighted by molar-refractivity contribution is 5.21. The number of benzene rings is 1. The van der Waals surface area contributed by atoms with Crippen LogP contribution in [-0.4, -0.2) is 14.8 Å². The lowest BCUT2D eigenvalue weighted by molar-refractivity contribution is 0.507. The fourth-order valence-electron chi connectivity index (χ4n) is 1.61. The van der Waals surface area contributed by atoms with E-state index in [9.17, 15) is 8.78 Å². The van der Waals surface area contributed by atoms with Crippen molar-refractivity contribution in [3.8, 4) is 0 Å². The molecule has 84 valence electrons. The van der Waals surface area contributed by atoms with Crippen LogP contribution in [0.3, 0.4) is 0 Å². The van der Waals surface area contributed by atoms with Crippen molar-refractivity contribution in [1.29, 1.82) is 0 Å². The van der Waals surface area contributed by atoms with Crippen molar-refractivity contribution in [1.82, 2.24) is 14.8 Å². The summed E-state index contributed by atoms with van der Waals surface area (Å²) in [5, 5.41) is 3.94. The first-order valence-electron chi connectivity index (χ1n) is 4.94. The molecule has 0 saturated carbocycles. The highest BCUT2D eigenvalue weighted by Gasteiger charge is 2.12. The molecule has 0 aliphatic rings. The average molecular weight is 223 g/mol. The lowest BCUT2D eigenvalue weighted by Crippen LogP contribution is -2.08. The summed E-state index contributed by atoms with van der Waals surface area (Å²) in [7, 11) is 0. The van der Waals surface area contributed by atoms with Crippen LogP contribution in [0.1, 0.15) is 18.4 Å². The molecule has 2 aromatic rings. The van der Waals surface area contributed by atoms with Gasteiger partial charge in [0.15, 0.2) is 0 Å². The average Bonchev–Trinajstić information content (AvgIpc) is 2.70. The molecule has 1 unspecified atom stereocenters. The number of rotatable bonds is 3. The molecule has 2 rings (SSSR count). The van der Waals surface area contributed by atoms with E-state index in [0.29, 0.717) is 12.1 Å². The first kappa shape index (κ1) is 10.7. The summed E-state index contributed by atoms with van der Waals surface area (Å²) in [6.07, 6.45) is 2.99. The van der Waals surface area contributed by atoms with Crippen molar-refractivity contribution >= 4 is 0 Å². The molecule has 0 radical (unpaired) electrons. The van der Waals surface area contributed by atoms with E-state index in [1.807, 2.05) is 6.92 Å². The molecule has 1 atom stereocenters. The van der Waals surface area contributed by atoms with E-state index in [1.165, 1.54) is 18.5 Å². The Balaban J connectivity index is 2.17. The number of hydrogen-bond donors (Lipinski definition) is 0. The second kappa shape index (κ2) is 4.38. The maximum atomic E-state index is 13.4. The maximum Gasteiger partial charge on any atom is 0.137 e. The van der Waals surface area contributed by atoms with Crippen molar-refractivity contribution in [3.63, 3.8) is 0 Å². The summed E-state index contributed by atoms with van der Waals surface area (Å²) in [6.45, 7) is 2.38. The van der Waals surface area contributed by atoms with Gasteiger partial charge in [-0.1, -0.05) is 13.0 Å². The minimum Gasteiger partial charge on any atom is -0.252 e. The summed E-state index contributed by atoms with van der Waals surface area (Å²) >= 11 is 0. The molecule has 1 aromatic heterocycles. The van der Waals surface area contributed by atoms with Gasteiger partial charge in [0.2, 0.25) is 0 Å². The third-order valence-electron chi connectivity index (χ3n) is 2.42. The van der Waals surface area contributed by atoms with Crippen molar-refractivity contribution in [2.45, 2.75) is 19.4 Å². The Morgan fingerprint density at radius 3 is 2.81 bits per heavy atom. The molecule has 1 heterocycles. The summed E-state index contributed by atoms with van der Waals surface area (Å²) in [6, 6.07) is 3.62. The molecule has 0 N–H and O–H groups in total. The molecule has 0 aliphatic carbocycles. The van der Waals surface area contributed by atoms with Gasteiger partial charge in [0.1, 0.15) is 24.3 Å². The van der Waals surface area contributed by atoms with Crippen molar-refractivity contribution < 1.29 is 8.78 Å². The number of nitrogens with zero attached hydrogens (tertiary/aromatic N) is 3. The fourth-order valence-corrected chi connectivity index (χ4v) is 1.61. The molecule has 5 heteroatoms. The smallest absolute Gasteiger partial charge is 0.137 e. The van der Waals surface area contributed by atoms with Crippen LogP contribution in [0.25, 0.3) is 0 Å². The topological polar surface area (TPSA) is 30.7 Å². The minimum absolute atomic E-state index is 0.0812. The van der Waals surface area contributed by atoms with E-state index in [-0.39, 0.29) is 5.92 Å². The van der Waals surface area contributed by atoms with Gasteiger partial charge in [-0.05, 0) is 11.6 Å². The first-order chi connectivity index (χ1) is 7.66. The third-order valence-corrected chi connectivity index (χ3v) is 2.42. The standard InChI is InChI=1S/C11H11F2N3/c1-8(5-16-7-14-6-15-16)10-3-2-9(12)4-11(10)13/h2-4,6-8H,5H2,1H3. The van der Waals surface area contributed by atoms with Crippen LogP contribution >= 0.6 is 0 Å². The number of halogens is 2. The molecule has 16 heavy (non-hydrogen) atoms. The van der Waals surface area contributed by atoms with Crippen LogP contribution < -0.4 is 0 Å². The normalized spacial score (nSPS) is 12.7. The molecular formula is C11H11F2N3. The Morgan fingerprint density at radius 1 is 1.38 bits per heavy atom. The van der Waals surface area contributed by atoms with Gasteiger partial charge in [0.25, 0.3) is 0 Å². The Kier molecular flexibility index (Phi) is 2.94. The number of aromatic nitrogens is 3. The van der Waals surface area contributed by atoms with Crippen molar-refractivity contribution in [3.05, 3.63) is 48.1 Å². The largest absolute Gasteiger partial charge is 0.252 e. The van der Waals surface area contributed by atoms with Gasteiger partial charge in [-0.15, -0.1) is 0 Å². The van der Waals surface area contributed by atoms with Gasteiger partial charge in [-0.2, -0.15) is 5.10 Å². The SMILES string of the molecule is CC(Cn1cncn1)c1ccc(F)cc1F. The Bertz CT molecular complexity index is 468. The third kappa shape index (κ3) is 2.24. The zero-order chi connectivity index (χ0) is 11.5. The predicted molar refractivity (Wildman–Crippen MR) is 54.8 cm³/mol. The molecule has 0 saturated heterocycles. The first-order valence-corrected chi connectivity index (χ1v) is 4.94. The molecule has 0 bridgehead atoms. The molecule has 1 aromatic carbocycles. The maximum absolute atomic E-state index is 13.4. The van der Waals surface area contributed by atoms with E-state index >= 15 is 0 Å². The lowest BCUT2D eigenvalue weighted by atomic mass is 10.0. The summed E-state index contributed by atoms with van der Waals surface area (Å²) in [5.74, 6) is -1.16. The molecule has 0 aliphatic heterocycles. The van der Waals surface area contributed by atoms with Crippen molar-refractivity contribution in [2.24, 2.45) is 0 Å². The molecule has 0 amide bonds. The van der Waals surface area contributed by atoms with Gasteiger partial charge < -0.3 is 0 Å². The molecule has 0 fully saturated rings. The highest BCUT2D eigenvalue weighted by Crippen LogP contribution is 2.20. The monoisotopic (exact) mass is 223 g/mol. The van der Waals surface area contributed by atoms with E-state index in [0.717, 1.165) is 6.07 Å². The fraction of sp³-hybridized carbons (Fsp3) is 0.273. The van der Waals surface area contributed by atoms with Crippen LogP contribution in [0.4, 0.5) is 8.78 Å².